The van der Waals surface area contributed by atoms with Crippen molar-refractivity contribution in [2.75, 3.05) is 5.88 Å². The molecule has 0 bridgehead atoms. The van der Waals surface area contributed by atoms with Crippen molar-refractivity contribution in [2.45, 2.75) is 0 Å². The minimum atomic E-state index is -0.980. The van der Waals surface area contributed by atoms with Gasteiger partial charge in [0.15, 0.2) is 0 Å². The predicted octanol–water partition coefficient (Wildman–Crippen LogP) is -5.46. The standard InChI is InChI=1S/C2H3ClO2.K.Na.2H/c3-1-2(4)5;;;;/h1H2,(H,4,5);;;;/q;2*+1;2*-1. The third-order valence-electron chi connectivity index (χ3n) is 0.114. The molecule has 0 aliphatic carbocycles. The number of hydrogen-bond acceptors (Lipinski definition) is 1. The van der Waals surface area contributed by atoms with Gasteiger partial charge in [0.2, 0.25) is 0 Å². The van der Waals surface area contributed by atoms with E-state index < -0.39 is 5.97 Å². The number of carboxylic acid groups (broad SMARTS) is 1. The summed E-state index contributed by atoms with van der Waals surface area (Å²) < 4.78 is 0. The first-order valence-corrected chi connectivity index (χ1v) is 1.58. The van der Waals surface area contributed by atoms with Crippen molar-refractivity contribution in [3.63, 3.8) is 0 Å². The van der Waals surface area contributed by atoms with Gasteiger partial charge in [-0.3, -0.25) is 4.79 Å². The molecule has 0 aromatic carbocycles. The van der Waals surface area contributed by atoms with E-state index in [1.807, 2.05) is 0 Å². The van der Waals surface area contributed by atoms with Crippen LogP contribution in [0.2, 0.25) is 0 Å². The minimum absolute atomic E-state index is 0. The van der Waals surface area contributed by atoms with Gasteiger partial charge in [-0.2, -0.15) is 0 Å². The maximum absolute atomic E-state index is 9.24. The second-order valence-electron chi connectivity index (χ2n) is 0.527. The van der Waals surface area contributed by atoms with E-state index in [0.29, 0.717) is 0 Å². The Morgan fingerprint density at radius 1 is 1.86 bits per heavy atom. The van der Waals surface area contributed by atoms with Crippen molar-refractivity contribution in [1.82, 2.24) is 0 Å². The first kappa shape index (κ1) is 16.2. The molecule has 7 heavy (non-hydrogen) atoms. The number of hydrogen-bond donors (Lipinski definition) is 1. The second-order valence-corrected chi connectivity index (χ2v) is 0.795. The van der Waals surface area contributed by atoms with Crippen LogP contribution in [-0.4, -0.2) is 17.0 Å². The van der Waals surface area contributed by atoms with Crippen molar-refractivity contribution < 1.29 is 93.7 Å². The van der Waals surface area contributed by atoms with Crippen LogP contribution in [0.25, 0.3) is 0 Å². The Labute approximate surface area is 115 Å². The van der Waals surface area contributed by atoms with Crippen molar-refractivity contribution in [3.8, 4) is 0 Å². The van der Waals surface area contributed by atoms with Crippen LogP contribution >= 0.6 is 11.6 Å². The van der Waals surface area contributed by atoms with Crippen LogP contribution in [0.5, 0.6) is 0 Å². The van der Waals surface area contributed by atoms with Crippen LogP contribution in [0, 0.1) is 0 Å². The normalized spacial score (nSPS) is 5.29. The third kappa shape index (κ3) is 17.8. The molecule has 2 nitrogen and oxygen atoms in total. The number of rotatable bonds is 1. The molecular weight excluding hydrogens is 154 g/mol. The van der Waals surface area contributed by atoms with Crippen LogP contribution in [0.1, 0.15) is 2.85 Å². The molecule has 0 unspecified atom stereocenters. The number of alkyl halides is 1. The summed E-state index contributed by atoms with van der Waals surface area (Å²) >= 11 is 4.74. The second kappa shape index (κ2) is 11.2. The van der Waals surface area contributed by atoms with Crippen LogP contribution < -0.4 is 80.9 Å². The molecule has 0 aliphatic heterocycles. The van der Waals surface area contributed by atoms with E-state index in [1.54, 1.807) is 0 Å². The first-order chi connectivity index (χ1) is 2.27. The van der Waals surface area contributed by atoms with Gasteiger partial charge >= 0.3 is 86.9 Å². The summed E-state index contributed by atoms with van der Waals surface area (Å²) in [6.07, 6.45) is 0. The fraction of sp³-hybridized carbons (Fsp3) is 0.500. The molecule has 0 amide bonds. The molecule has 0 rings (SSSR count). The molecular formula is C2H5ClKNaO2. The van der Waals surface area contributed by atoms with Crippen LogP contribution in [-0.2, 0) is 4.79 Å². The first-order valence-electron chi connectivity index (χ1n) is 1.05. The Balaban J connectivity index is -0.0000000133. The van der Waals surface area contributed by atoms with Gasteiger partial charge in [-0.15, -0.1) is 11.6 Å². The average Bonchev–Trinajstić information content (AvgIpc) is 1.38. The van der Waals surface area contributed by atoms with Gasteiger partial charge in [-0.25, -0.2) is 0 Å². The summed E-state index contributed by atoms with van der Waals surface area (Å²) in [5.74, 6) is -1.29. The largest absolute Gasteiger partial charge is 1.00 e. The third-order valence-corrected chi connectivity index (χ3v) is 0.343. The van der Waals surface area contributed by atoms with E-state index in [9.17, 15) is 4.79 Å². The Morgan fingerprint density at radius 2 is 2.00 bits per heavy atom. The Hall–Kier alpha value is 2.40. The van der Waals surface area contributed by atoms with Gasteiger partial charge < -0.3 is 7.96 Å². The quantitative estimate of drug-likeness (QED) is 0.306. The van der Waals surface area contributed by atoms with Gasteiger partial charge in [0.25, 0.3) is 0 Å². The fourth-order valence-electron chi connectivity index (χ4n) is 0. The summed E-state index contributed by atoms with van der Waals surface area (Å²) in [5.41, 5.74) is 0. The smallest absolute Gasteiger partial charge is 1.00 e. The number of carbonyl (C=O) groups is 1. The molecule has 0 saturated carbocycles. The zero-order valence-corrected chi connectivity index (χ0v) is 10.3. The molecule has 0 spiro atoms. The molecule has 0 saturated heterocycles. The van der Waals surface area contributed by atoms with E-state index >= 15 is 0 Å². The maximum Gasteiger partial charge on any atom is 1.00 e. The zero-order valence-electron chi connectivity index (χ0n) is 6.44. The molecule has 0 aromatic rings. The topological polar surface area (TPSA) is 37.3 Å². The molecule has 0 heterocycles. The summed E-state index contributed by atoms with van der Waals surface area (Å²) in [5, 5.41) is 7.59. The van der Waals surface area contributed by atoms with E-state index in [-0.39, 0.29) is 89.7 Å². The van der Waals surface area contributed by atoms with Crippen LogP contribution in [0.15, 0.2) is 0 Å². The van der Waals surface area contributed by atoms with Gasteiger partial charge in [0.1, 0.15) is 5.88 Å². The summed E-state index contributed by atoms with van der Waals surface area (Å²) in [6.45, 7) is 0. The van der Waals surface area contributed by atoms with Gasteiger partial charge in [0.05, 0.1) is 0 Å². The van der Waals surface area contributed by atoms with E-state index in [1.165, 1.54) is 0 Å². The van der Waals surface area contributed by atoms with Gasteiger partial charge in [0, 0.05) is 0 Å². The molecule has 34 valence electrons. The molecule has 0 aliphatic rings. The van der Waals surface area contributed by atoms with Crippen molar-refractivity contribution in [3.05, 3.63) is 0 Å². The molecule has 0 aromatic heterocycles. The molecule has 1 N–H and O–H groups in total. The van der Waals surface area contributed by atoms with Gasteiger partial charge in [-0.05, 0) is 0 Å². The summed E-state index contributed by atoms with van der Waals surface area (Å²) in [6, 6.07) is 0. The number of aliphatic carboxylic acids is 1. The number of carboxylic acids is 1. The van der Waals surface area contributed by atoms with Crippen molar-refractivity contribution in [1.29, 1.82) is 0 Å². The Kier molecular flexibility index (Phi) is 26.0. The predicted molar refractivity (Wildman–Crippen MR) is 20.6 cm³/mol. The molecule has 0 radical (unpaired) electrons. The Bertz CT molecular complexity index is 57.8. The molecule has 0 fully saturated rings. The zero-order chi connectivity index (χ0) is 4.28. The van der Waals surface area contributed by atoms with Crippen molar-refractivity contribution >= 4 is 17.6 Å². The maximum atomic E-state index is 9.24. The van der Waals surface area contributed by atoms with E-state index in [0.717, 1.165) is 0 Å². The van der Waals surface area contributed by atoms with E-state index in [2.05, 4.69) is 0 Å². The average molecular weight is 159 g/mol. The van der Waals surface area contributed by atoms with E-state index in [4.69, 9.17) is 16.7 Å². The van der Waals surface area contributed by atoms with Crippen LogP contribution in [0.4, 0.5) is 0 Å². The summed E-state index contributed by atoms with van der Waals surface area (Å²) in [7, 11) is 0. The Morgan fingerprint density at radius 3 is 2.00 bits per heavy atom. The number of halogens is 1. The molecule has 0 atom stereocenters. The summed E-state index contributed by atoms with van der Waals surface area (Å²) in [4.78, 5) is 9.24. The SMILES string of the molecule is O=C(O)CCl.[H-].[H-].[K+].[Na+]. The van der Waals surface area contributed by atoms with Crippen LogP contribution in [0.3, 0.4) is 0 Å². The fourth-order valence-corrected chi connectivity index (χ4v) is 0. The molecule has 5 heteroatoms. The van der Waals surface area contributed by atoms with Gasteiger partial charge in [-0.1, -0.05) is 0 Å². The minimum Gasteiger partial charge on any atom is -1.00 e. The monoisotopic (exact) mass is 158 g/mol. The van der Waals surface area contributed by atoms with Crippen molar-refractivity contribution in [2.24, 2.45) is 0 Å².